The van der Waals surface area contributed by atoms with Gasteiger partial charge in [0, 0.05) is 11.8 Å². The predicted octanol–water partition coefficient (Wildman–Crippen LogP) is 3.29. The summed E-state index contributed by atoms with van der Waals surface area (Å²) in [6, 6.07) is 15.8. The van der Waals surface area contributed by atoms with Gasteiger partial charge < -0.3 is 15.0 Å². The van der Waals surface area contributed by atoms with Gasteiger partial charge in [-0.25, -0.2) is 0 Å². The molecule has 0 fully saturated rings. The molecule has 0 saturated heterocycles. The van der Waals surface area contributed by atoms with E-state index < -0.39 is 6.04 Å². The number of amides is 2. The Kier molecular flexibility index (Phi) is 5.07. The molecule has 2 aromatic rings. The number of carbonyl (C=O) groups excluding carboxylic acids is 2. The fourth-order valence-electron chi connectivity index (χ4n) is 3.04. The van der Waals surface area contributed by atoms with E-state index in [-0.39, 0.29) is 17.7 Å². The number of methoxy groups -OCH3 is 1. The summed E-state index contributed by atoms with van der Waals surface area (Å²) in [6.45, 7) is 3.86. The second kappa shape index (κ2) is 7.44. The molecule has 3 rings (SSSR count). The Morgan fingerprint density at radius 1 is 1.08 bits per heavy atom. The molecule has 0 aliphatic carbocycles. The molecule has 2 amide bonds. The molecule has 1 N–H and O–H groups in total. The molecule has 0 radical (unpaired) electrons. The molecule has 5 nitrogen and oxygen atoms in total. The summed E-state index contributed by atoms with van der Waals surface area (Å²) in [5.74, 6) is 0.266. The van der Waals surface area contributed by atoms with Crippen molar-refractivity contribution >= 4 is 17.5 Å². The zero-order chi connectivity index (χ0) is 18.7. The minimum absolute atomic E-state index is 0.0224. The lowest BCUT2D eigenvalue weighted by Crippen LogP contribution is -2.53. The molecule has 0 spiro atoms. The average molecular weight is 350 g/mol. The standard InChI is InChI=1S/C21H22N2O3/c1-14(2)19-20(24)22-18(15-7-5-4-6-8-15)13-23(19)21(25)16-9-11-17(26-3)12-10-16/h4-14,19H,1-3H3,(H,22,24). The van der Waals surface area contributed by atoms with Crippen molar-refractivity contribution in [2.45, 2.75) is 19.9 Å². The third-order valence-electron chi connectivity index (χ3n) is 4.38. The average Bonchev–Trinajstić information content (AvgIpc) is 2.67. The molecule has 5 heteroatoms. The lowest BCUT2D eigenvalue weighted by Gasteiger charge is -2.35. The molecule has 1 aliphatic heterocycles. The first-order valence-electron chi connectivity index (χ1n) is 8.56. The molecular formula is C21H22N2O3. The Balaban J connectivity index is 2.00. The van der Waals surface area contributed by atoms with Gasteiger partial charge in [0.15, 0.2) is 0 Å². The number of carbonyl (C=O) groups is 2. The van der Waals surface area contributed by atoms with E-state index in [0.717, 1.165) is 5.56 Å². The first-order chi connectivity index (χ1) is 12.5. The minimum Gasteiger partial charge on any atom is -0.497 e. The van der Waals surface area contributed by atoms with Gasteiger partial charge >= 0.3 is 0 Å². The van der Waals surface area contributed by atoms with Gasteiger partial charge in [-0.3, -0.25) is 9.59 Å². The van der Waals surface area contributed by atoms with Crippen LogP contribution in [0.4, 0.5) is 0 Å². The molecule has 0 saturated carbocycles. The van der Waals surface area contributed by atoms with E-state index in [1.807, 2.05) is 44.2 Å². The molecule has 134 valence electrons. The summed E-state index contributed by atoms with van der Waals surface area (Å²) in [4.78, 5) is 27.3. The third-order valence-corrected chi connectivity index (χ3v) is 4.38. The van der Waals surface area contributed by atoms with Crippen molar-refractivity contribution in [3.63, 3.8) is 0 Å². The lowest BCUT2D eigenvalue weighted by atomic mass is 9.97. The molecule has 1 atom stereocenters. The van der Waals surface area contributed by atoms with Crippen LogP contribution in [0.15, 0.2) is 60.8 Å². The van der Waals surface area contributed by atoms with Crippen molar-refractivity contribution in [1.82, 2.24) is 10.2 Å². The highest BCUT2D eigenvalue weighted by Gasteiger charge is 2.36. The van der Waals surface area contributed by atoms with Gasteiger partial charge in [0.2, 0.25) is 5.91 Å². The largest absolute Gasteiger partial charge is 0.497 e. The maximum atomic E-state index is 13.1. The second-order valence-electron chi connectivity index (χ2n) is 6.53. The Hall–Kier alpha value is -3.08. The summed E-state index contributed by atoms with van der Waals surface area (Å²) >= 11 is 0. The number of nitrogens with zero attached hydrogens (tertiary/aromatic N) is 1. The Bertz CT molecular complexity index is 826. The highest BCUT2D eigenvalue weighted by Crippen LogP contribution is 2.25. The zero-order valence-corrected chi connectivity index (χ0v) is 15.1. The van der Waals surface area contributed by atoms with Crippen LogP contribution in [0.3, 0.4) is 0 Å². The van der Waals surface area contributed by atoms with Gasteiger partial charge in [0.1, 0.15) is 11.8 Å². The van der Waals surface area contributed by atoms with E-state index in [1.165, 1.54) is 4.90 Å². The smallest absolute Gasteiger partial charge is 0.258 e. The molecule has 0 aromatic heterocycles. The highest BCUT2D eigenvalue weighted by molar-refractivity contribution is 6.02. The summed E-state index contributed by atoms with van der Waals surface area (Å²) in [5, 5.41) is 2.93. The van der Waals surface area contributed by atoms with Crippen LogP contribution in [-0.4, -0.2) is 29.9 Å². The van der Waals surface area contributed by atoms with Crippen LogP contribution in [0.1, 0.15) is 29.8 Å². The number of hydrogen-bond acceptors (Lipinski definition) is 3. The Morgan fingerprint density at radius 3 is 2.31 bits per heavy atom. The summed E-state index contributed by atoms with van der Waals surface area (Å²) < 4.78 is 5.14. The first kappa shape index (κ1) is 17.7. The summed E-state index contributed by atoms with van der Waals surface area (Å²) in [5.41, 5.74) is 1.99. The van der Waals surface area contributed by atoms with Crippen LogP contribution in [0, 0.1) is 5.92 Å². The van der Waals surface area contributed by atoms with Gasteiger partial charge in [-0.15, -0.1) is 0 Å². The maximum absolute atomic E-state index is 13.1. The van der Waals surface area contributed by atoms with E-state index in [4.69, 9.17) is 4.74 Å². The van der Waals surface area contributed by atoms with Crippen LogP contribution in [0.25, 0.3) is 5.70 Å². The predicted molar refractivity (Wildman–Crippen MR) is 100 cm³/mol. The zero-order valence-electron chi connectivity index (χ0n) is 15.1. The number of nitrogens with one attached hydrogen (secondary N) is 1. The fourth-order valence-corrected chi connectivity index (χ4v) is 3.04. The number of rotatable bonds is 4. The molecule has 1 heterocycles. The van der Waals surface area contributed by atoms with Gasteiger partial charge in [-0.05, 0) is 35.7 Å². The molecular weight excluding hydrogens is 328 g/mol. The van der Waals surface area contributed by atoms with E-state index in [2.05, 4.69) is 5.32 Å². The van der Waals surface area contributed by atoms with E-state index in [0.29, 0.717) is 17.0 Å². The highest BCUT2D eigenvalue weighted by atomic mass is 16.5. The Labute approximate surface area is 153 Å². The molecule has 26 heavy (non-hydrogen) atoms. The first-order valence-corrected chi connectivity index (χ1v) is 8.56. The van der Waals surface area contributed by atoms with E-state index in [1.54, 1.807) is 37.6 Å². The quantitative estimate of drug-likeness (QED) is 0.920. The van der Waals surface area contributed by atoms with E-state index >= 15 is 0 Å². The Morgan fingerprint density at radius 2 is 1.73 bits per heavy atom. The minimum atomic E-state index is -0.558. The molecule has 2 aromatic carbocycles. The lowest BCUT2D eigenvalue weighted by molar-refractivity contribution is -0.125. The van der Waals surface area contributed by atoms with Crippen LogP contribution >= 0.6 is 0 Å². The van der Waals surface area contributed by atoms with Crippen LogP contribution in [0.5, 0.6) is 5.75 Å². The summed E-state index contributed by atoms with van der Waals surface area (Å²) in [6.07, 6.45) is 1.73. The summed E-state index contributed by atoms with van der Waals surface area (Å²) in [7, 11) is 1.58. The van der Waals surface area contributed by atoms with Crippen molar-refractivity contribution in [3.8, 4) is 5.75 Å². The topological polar surface area (TPSA) is 58.6 Å². The van der Waals surface area contributed by atoms with Crippen LogP contribution in [0.2, 0.25) is 0 Å². The molecule has 1 aliphatic rings. The van der Waals surface area contributed by atoms with Crippen LogP contribution < -0.4 is 10.1 Å². The number of ether oxygens (including phenoxy) is 1. The van der Waals surface area contributed by atoms with Crippen molar-refractivity contribution < 1.29 is 14.3 Å². The van der Waals surface area contributed by atoms with Crippen molar-refractivity contribution in [2.24, 2.45) is 5.92 Å². The van der Waals surface area contributed by atoms with Crippen molar-refractivity contribution in [3.05, 3.63) is 71.9 Å². The molecule has 0 bridgehead atoms. The van der Waals surface area contributed by atoms with Gasteiger partial charge in [-0.2, -0.15) is 0 Å². The van der Waals surface area contributed by atoms with Crippen LogP contribution in [-0.2, 0) is 4.79 Å². The van der Waals surface area contributed by atoms with Gasteiger partial charge in [0.25, 0.3) is 5.91 Å². The van der Waals surface area contributed by atoms with E-state index in [9.17, 15) is 9.59 Å². The van der Waals surface area contributed by atoms with Crippen molar-refractivity contribution in [1.29, 1.82) is 0 Å². The number of benzene rings is 2. The monoisotopic (exact) mass is 350 g/mol. The van der Waals surface area contributed by atoms with Gasteiger partial charge in [0.05, 0.1) is 12.8 Å². The SMILES string of the molecule is COc1ccc(C(=O)N2C=C(c3ccccc3)NC(=O)C2C(C)C)cc1. The fraction of sp³-hybridized carbons (Fsp3) is 0.238. The van der Waals surface area contributed by atoms with Crippen molar-refractivity contribution in [2.75, 3.05) is 7.11 Å². The third kappa shape index (κ3) is 3.47. The molecule has 1 unspecified atom stereocenters. The second-order valence-corrected chi connectivity index (χ2v) is 6.53. The normalized spacial score (nSPS) is 16.9. The van der Waals surface area contributed by atoms with Gasteiger partial charge in [-0.1, -0.05) is 44.2 Å². The number of hydrogen-bond donors (Lipinski definition) is 1. The maximum Gasteiger partial charge on any atom is 0.258 e.